The molecule has 1 aliphatic carbocycles. The van der Waals surface area contributed by atoms with Gasteiger partial charge in [0.1, 0.15) is 0 Å². The zero-order chi connectivity index (χ0) is 13.0. The van der Waals surface area contributed by atoms with Gasteiger partial charge in [-0.15, -0.1) is 6.58 Å². The van der Waals surface area contributed by atoms with Crippen molar-refractivity contribution in [2.24, 2.45) is 17.6 Å². The minimum atomic E-state index is 0.263. The number of ether oxygens (including phenoxy) is 1. The summed E-state index contributed by atoms with van der Waals surface area (Å²) in [6.45, 7) is 6.58. The van der Waals surface area contributed by atoms with E-state index in [1.807, 2.05) is 4.90 Å². The van der Waals surface area contributed by atoms with E-state index in [0.29, 0.717) is 37.5 Å². The summed E-state index contributed by atoms with van der Waals surface area (Å²) in [5, 5.41) is 0. The highest BCUT2D eigenvalue weighted by Crippen LogP contribution is 2.37. The van der Waals surface area contributed by atoms with Gasteiger partial charge in [-0.3, -0.25) is 4.79 Å². The van der Waals surface area contributed by atoms with Crippen molar-refractivity contribution in [3.05, 3.63) is 12.7 Å². The molecule has 0 radical (unpaired) electrons. The number of nitrogens with two attached hydrogens (primary N) is 1. The molecule has 0 aromatic heterocycles. The standard InChI is InChI=1S/C14H24N2O2/c1-2-7-18-8-3-4-14(17)16-9-11-5-6-13(15)12(11)10-16/h2,11-13H,1,3-10,15H2. The van der Waals surface area contributed by atoms with Crippen LogP contribution in [0.5, 0.6) is 0 Å². The summed E-state index contributed by atoms with van der Waals surface area (Å²) in [7, 11) is 0. The van der Waals surface area contributed by atoms with E-state index in [-0.39, 0.29) is 5.91 Å². The molecule has 0 bridgehead atoms. The Hall–Kier alpha value is -0.870. The van der Waals surface area contributed by atoms with E-state index in [9.17, 15) is 4.79 Å². The molecular weight excluding hydrogens is 228 g/mol. The van der Waals surface area contributed by atoms with Gasteiger partial charge in [0.05, 0.1) is 6.61 Å². The van der Waals surface area contributed by atoms with Crippen molar-refractivity contribution < 1.29 is 9.53 Å². The van der Waals surface area contributed by atoms with Gasteiger partial charge in [-0.2, -0.15) is 0 Å². The van der Waals surface area contributed by atoms with Crippen LogP contribution in [0.1, 0.15) is 25.7 Å². The number of hydrogen-bond acceptors (Lipinski definition) is 3. The van der Waals surface area contributed by atoms with Crippen LogP contribution in [0.15, 0.2) is 12.7 Å². The first-order valence-corrected chi connectivity index (χ1v) is 6.94. The molecule has 1 amide bonds. The molecule has 0 aromatic rings. The van der Waals surface area contributed by atoms with Crippen LogP contribution in [0, 0.1) is 11.8 Å². The molecule has 1 saturated carbocycles. The molecule has 1 aliphatic heterocycles. The predicted octanol–water partition coefficient (Wildman–Crippen LogP) is 1.16. The first-order valence-electron chi connectivity index (χ1n) is 6.94. The fourth-order valence-electron chi connectivity index (χ4n) is 3.16. The number of fused-ring (bicyclic) bond motifs is 1. The smallest absolute Gasteiger partial charge is 0.222 e. The van der Waals surface area contributed by atoms with Gasteiger partial charge >= 0.3 is 0 Å². The summed E-state index contributed by atoms with van der Waals surface area (Å²) in [5.74, 6) is 1.46. The highest BCUT2D eigenvalue weighted by molar-refractivity contribution is 5.76. The van der Waals surface area contributed by atoms with E-state index >= 15 is 0 Å². The minimum Gasteiger partial charge on any atom is -0.377 e. The van der Waals surface area contributed by atoms with Crippen molar-refractivity contribution in [3.63, 3.8) is 0 Å². The van der Waals surface area contributed by atoms with Gasteiger partial charge in [-0.25, -0.2) is 0 Å². The van der Waals surface area contributed by atoms with Crippen molar-refractivity contribution >= 4 is 5.91 Å². The maximum Gasteiger partial charge on any atom is 0.222 e. The lowest BCUT2D eigenvalue weighted by Crippen LogP contribution is -2.33. The average molecular weight is 252 g/mol. The molecule has 0 aromatic carbocycles. The Morgan fingerprint density at radius 2 is 2.28 bits per heavy atom. The van der Waals surface area contributed by atoms with Crippen LogP contribution in [-0.4, -0.2) is 43.2 Å². The summed E-state index contributed by atoms with van der Waals surface area (Å²) in [4.78, 5) is 14.0. The average Bonchev–Trinajstić information content (AvgIpc) is 2.92. The second-order valence-electron chi connectivity index (χ2n) is 5.43. The van der Waals surface area contributed by atoms with Crippen molar-refractivity contribution in [2.75, 3.05) is 26.3 Å². The predicted molar refractivity (Wildman–Crippen MR) is 71.0 cm³/mol. The molecule has 2 N–H and O–H groups in total. The highest BCUT2D eigenvalue weighted by Gasteiger charge is 2.42. The number of hydrogen-bond donors (Lipinski definition) is 1. The molecule has 3 unspecified atom stereocenters. The second kappa shape index (κ2) is 6.34. The molecule has 4 heteroatoms. The molecule has 0 spiro atoms. The van der Waals surface area contributed by atoms with Crippen LogP contribution >= 0.6 is 0 Å². The SMILES string of the molecule is C=CCOCCCC(=O)N1CC2CCC(N)C2C1. The third kappa shape index (κ3) is 3.12. The van der Waals surface area contributed by atoms with Crippen molar-refractivity contribution in [1.82, 2.24) is 4.90 Å². The van der Waals surface area contributed by atoms with Crippen LogP contribution in [0.2, 0.25) is 0 Å². The van der Waals surface area contributed by atoms with Crippen molar-refractivity contribution in [2.45, 2.75) is 31.7 Å². The summed E-state index contributed by atoms with van der Waals surface area (Å²) in [6.07, 6.45) is 5.44. The number of likely N-dealkylation sites (tertiary alicyclic amines) is 1. The topological polar surface area (TPSA) is 55.6 Å². The van der Waals surface area contributed by atoms with Crippen LogP contribution in [0.25, 0.3) is 0 Å². The second-order valence-corrected chi connectivity index (χ2v) is 5.43. The van der Waals surface area contributed by atoms with Gasteiger partial charge < -0.3 is 15.4 Å². The third-order valence-electron chi connectivity index (χ3n) is 4.18. The lowest BCUT2D eigenvalue weighted by Gasteiger charge is -2.18. The number of nitrogens with zero attached hydrogens (tertiary/aromatic N) is 1. The fourth-order valence-corrected chi connectivity index (χ4v) is 3.16. The first kappa shape index (κ1) is 13.6. The lowest BCUT2D eigenvalue weighted by molar-refractivity contribution is -0.130. The summed E-state index contributed by atoms with van der Waals surface area (Å²) in [6, 6.07) is 0.309. The van der Waals surface area contributed by atoms with Gasteiger partial charge in [0.25, 0.3) is 0 Å². The molecule has 102 valence electrons. The Kier molecular flexibility index (Phi) is 4.78. The summed E-state index contributed by atoms with van der Waals surface area (Å²) < 4.78 is 5.28. The molecule has 1 heterocycles. The van der Waals surface area contributed by atoms with E-state index < -0.39 is 0 Å². The summed E-state index contributed by atoms with van der Waals surface area (Å²) >= 11 is 0. The number of carbonyl (C=O) groups is 1. The zero-order valence-electron chi connectivity index (χ0n) is 11.0. The van der Waals surface area contributed by atoms with E-state index in [2.05, 4.69) is 6.58 Å². The fraction of sp³-hybridized carbons (Fsp3) is 0.786. The highest BCUT2D eigenvalue weighted by atomic mass is 16.5. The van der Waals surface area contributed by atoms with Gasteiger partial charge in [-0.05, 0) is 31.1 Å². The quantitative estimate of drug-likeness (QED) is 0.570. The Morgan fingerprint density at radius 1 is 1.44 bits per heavy atom. The van der Waals surface area contributed by atoms with E-state index in [0.717, 1.165) is 25.9 Å². The van der Waals surface area contributed by atoms with E-state index in [1.54, 1.807) is 6.08 Å². The molecule has 18 heavy (non-hydrogen) atoms. The van der Waals surface area contributed by atoms with Crippen molar-refractivity contribution in [3.8, 4) is 0 Å². The van der Waals surface area contributed by atoms with Gasteiger partial charge in [0.15, 0.2) is 0 Å². The zero-order valence-corrected chi connectivity index (χ0v) is 11.0. The first-order chi connectivity index (χ1) is 8.72. The Labute approximate surface area is 109 Å². The van der Waals surface area contributed by atoms with Crippen LogP contribution in [-0.2, 0) is 9.53 Å². The number of carbonyl (C=O) groups excluding carboxylic acids is 1. The molecule has 2 aliphatic rings. The van der Waals surface area contributed by atoms with Gasteiger partial charge in [0.2, 0.25) is 5.91 Å². The largest absolute Gasteiger partial charge is 0.377 e. The monoisotopic (exact) mass is 252 g/mol. The number of amides is 1. The van der Waals surface area contributed by atoms with Gasteiger partial charge in [0, 0.05) is 32.2 Å². The van der Waals surface area contributed by atoms with Gasteiger partial charge in [-0.1, -0.05) is 6.08 Å². The van der Waals surface area contributed by atoms with Crippen LogP contribution in [0.4, 0.5) is 0 Å². The Bertz CT molecular complexity index is 306. The molecule has 2 rings (SSSR count). The Morgan fingerprint density at radius 3 is 3.00 bits per heavy atom. The minimum absolute atomic E-state index is 0.263. The molecule has 4 nitrogen and oxygen atoms in total. The molecule has 3 atom stereocenters. The maximum absolute atomic E-state index is 12.0. The van der Waals surface area contributed by atoms with Crippen molar-refractivity contribution in [1.29, 1.82) is 0 Å². The lowest BCUT2D eigenvalue weighted by atomic mass is 9.98. The normalized spacial score (nSPS) is 30.5. The Balaban J connectivity index is 1.66. The van der Waals surface area contributed by atoms with E-state index in [4.69, 9.17) is 10.5 Å². The molecule has 2 fully saturated rings. The van der Waals surface area contributed by atoms with E-state index in [1.165, 1.54) is 6.42 Å². The van der Waals surface area contributed by atoms with Crippen LogP contribution in [0.3, 0.4) is 0 Å². The maximum atomic E-state index is 12.0. The molecule has 1 saturated heterocycles. The van der Waals surface area contributed by atoms with Crippen LogP contribution < -0.4 is 5.73 Å². The molecular formula is C14H24N2O2. The number of rotatable bonds is 6. The summed E-state index contributed by atoms with van der Waals surface area (Å²) in [5.41, 5.74) is 6.07. The third-order valence-corrected chi connectivity index (χ3v) is 4.18.